The molecule has 1 fully saturated rings. The van der Waals surface area contributed by atoms with E-state index in [1.165, 1.54) is 25.7 Å². The van der Waals surface area contributed by atoms with Gasteiger partial charge in [0.25, 0.3) is 0 Å². The summed E-state index contributed by atoms with van der Waals surface area (Å²) >= 11 is 0. The van der Waals surface area contributed by atoms with E-state index in [1.54, 1.807) is 0 Å². The molecule has 3 nitrogen and oxygen atoms in total. The molecule has 0 spiro atoms. The highest BCUT2D eigenvalue weighted by Gasteiger charge is 2.12. The fourth-order valence-electron chi connectivity index (χ4n) is 1.90. The van der Waals surface area contributed by atoms with Crippen LogP contribution in [0.2, 0.25) is 0 Å². The van der Waals surface area contributed by atoms with Crippen LogP contribution in [-0.2, 0) is 9.47 Å². The second kappa shape index (κ2) is 10.1. The minimum Gasteiger partial charge on any atom is -0.381 e. The first-order valence-electron chi connectivity index (χ1n) is 6.79. The molecule has 1 saturated heterocycles. The van der Waals surface area contributed by atoms with Gasteiger partial charge >= 0.3 is 0 Å². The van der Waals surface area contributed by atoms with E-state index in [4.69, 9.17) is 9.47 Å². The monoisotopic (exact) mass is 229 g/mol. The average Bonchev–Trinajstić information content (AvgIpc) is 2.34. The van der Waals surface area contributed by atoms with Crippen LogP contribution >= 0.6 is 0 Å². The van der Waals surface area contributed by atoms with Crippen LogP contribution in [-0.4, -0.2) is 39.5 Å². The lowest BCUT2D eigenvalue weighted by Gasteiger charge is -2.22. The van der Waals surface area contributed by atoms with Gasteiger partial charge in [0, 0.05) is 26.4 Å². The molecule has 0 bridgehead atoms. The summed E-state index contributed by atoms with van der Waals surface area (Å²) in [6.45, 7) is 8.16. The number of nitrogens with one attached hydrogen (secondary N) is 1. The fraction of sp³-hybridized carbons (Fsp3) is 1.00. The van der Waals surface area contributed by atoms with Crippen molar-refractivity contribution in [1.82, 2.24) is 5.32 Å². The molecular weight excluding hydrogens is 202 g/mol. The molecule has 16 heavy (non-hydrogen) atoms. The molecule has 0 amide bonds. The maximum Gasteiger partial charge on any atom is 0.0478 e. The highest BCUT2D eigenvalue weighted by molar-refractivity contribution is 4.65. The van der Waals surface area contributed by atoms with Crippen molar-refractivity contribution in [2.45, 2.75) is 39.0 Å². The van der Waals surface area contributed by atoms with Crippen LogP contribution in [0, 0.1) is 5.92 Å². The second-order valence-corrected chi connectivity index (χ2v) is 4.58. The zero-order chi connectivity index (χ0) is 11.5. The van der Waals surface area contributed by atoms with E-state index in [1.807, 2.05) is 0 Å². The van der Waals surface area contributed by atoms with Crippen molar-refractivity contribution < 1.29 is 9.47 Å². The summed E-state index contributed by atoms with van der Waals surface area (Å²) in [5.41, 5.74) is 0. The number of ether oxygens (including phenoxy) is 2. The van der Waals surface area contributed by atoms with Gasteiger partial charge in [-0.1, -0.05) is 13.3 Å². The van der Waals surface area contributed by atoms with Gasteiger partial charge < -0.3 is 14.8 Å². The normalized spacial score (nSPS) is 17.8. The maximum atomic E-state index is 5.51. The van der Waals surface area contributed by atoms with E-state index >= 15 is 0 Å². The summed E-state index contributed by atoms with van der Waals surface area (Å²) in [7, 11) is 0. The van der Waals surface area contributed by atoms with Crippen molar-refractivity contribution in [3.05, 3.63) is 0 Å². The SMILES string of the molecule is CCCCOCCCNCC1CCOCC1. The van der Waals surface area contributed by atoms with Crippen LogP contribution in [0.1, 0.15) is 39.0 Å². The third-order valence-corrected chi connectivity index (χ3v) is 3.06. The van der Waals surface area contributed by atoms with Crippen LogP contribution in [0.5, 0.6) is 0 Å². The van der Waals surface area contributed by atoms with Gasteiger partial charge in [-0.3, -0.25) is 0 Å². The van der Waals surface area contributed by atoms with Crippen molar-refractivity contribution in [2.24, 2.45) is 5.92 Å². The van der Waals surface area contributed by atoms with Gasteiger partial charge in [-0.05, 0) is 44.7 Å². The van der Waals surface area contributed by atoms with Gasteiger partial charge in [0.2, 0.25) is 0 Å². The maximum absolute atomic E-state index is 5.51. The third-order valence-electron chi connectivity index (χ3n) is 3.06. The van der Waals surface area contributed by atoms with Crippen LogP contribution in [0.3, 0.4) is 0 Å². The first-order chi connectivity index (χ1) is 7.93. The Morgan fingerprint density at radius 3 is 2.69 bits per heavy atom. The Kier molecular flexibility index (Phi) is 8.77. The number of hydrogen-bond donors (Lipinski definition) is 1. The summed E-state index contributed by atoms with van der Waals surface area (Å²) in [6, 6.07) is 0. The third kappa shape index (κ3) is 7.20. The molecule has 0 unspecified atom stereocenters. The summed E-state index contributed by atoms with van der Waals surface area (Å²) in [4.78, 5) is 0. The van der Waals surface area contributed by atoms with E-state index in [0.717, 1.165) is 51.9 Å². The van der Waals surface area contributed by atoms with Crippen LogP contribution in [0.4, 0.5) is 0 Å². The Balaban J connectivity index is 1.77. The topological polar surface area (TPSA) is 30.5 Å². The lowest BCUT2D eigenvalue weighted by atomic mass is 10.0. The smallest absolute Gasteiger partial charge is 0.0478 e. The predicted octanol–water partition coefficient (Wildman–Crippen LogP) is 2.21. The molecule has 0 atom stereocenters. The summed E-state index contributed by atoms with van der Waals surface area (Å²) < 4.78 is 10.8. The Morgan fingerprint density at radius 2 is 1.94 bits per heavy atom. The van der Waals surface area contributed by atoms with Crippen LogP contribution in [0.15, 0.2) is 0 Å². The van der Waals surface area contributed by atoms with Crippen molar-refractivity contribution in [1.29, 1.82) is 0 Å². The Morgan fingerprint density at radius 1 is 1.19 bits per heavy atom. The molecule has 3 heteroatoms. The molecule has 1 rings (SSSR count). The van der Waals surface area contributed by atoms with E-state index in [0.29, 0.717) is 0 Å². The molecule has 0 radical (unpaired) electrons. The molecule has 0 aromatic rings. The second-order valence-electron chi connectivity index (χ2n) is 4.58. The summed E-state index contributed by atoms with van der Waals surface area (Å²) in [5, 5.41) is 3.51. The van der Waals surface area contributed by atoms with Gasteiger partial charge in [0.15, 0.2) is 0 Å². The predicted molar refractivity (Wildman–Crippen MR) is 66.8 cm³/mol. The number of rotatable bonds is 9. The van der Waals surface area contributed by atoms with Crippen molar-refractivity contribution in [3.8, 4) is 0 Å². The van der Waals surface area contributed by atoms with Gasteiger partial charge in [-0.15, -0.1) is 0 Å². The van der Waals surface area contributed by atoms with Gasteiger partial charge in [-0.2, -0.15) is 0 Å². The Hall–Kier alpha value is -0.120. The Bertz CT molecular complexity index is 147. The first kappa shape index (κ1) is 13.9. The minimum absolute atomic E-state index is 0.828. The van der Waals surface area contributed by atoms with Crippen LogP contribution < -0.4 is 5.32 Å². The van der Waals surface area contributed by atoms with E-state index in [9.17, 15) is 0 Å². The molecule has 1 aliphatic heterocycles. The molecule has 0 aromatic carbocycles. The van der Waals surface area contributed by atoms with Crippen molar-refractivity contribution >= 4 is 0 Å². The number of unbranched alkanes of at least 4 members (excludes halogenated alkanes) is 1. The molecule has 0 aliphatic carbocycles. The summed E-state index contributed by atoms with van der Waals surface area (Å²) in [6.07, 6.45) is 5.99. The Labute approximate surface area is 99.9 Å². The average molecular weight is 229 g/mol. The molecule has 0 aromatic heterocycles. The van der Waals surface area contributed by atoms with E-state index < -0.39 is 0 Å². The molecule has 1 N–H and O–H groups in total. The molecule has 96 valence electrons. The quantitative estimate of drug-likeness (QED) is 0.615. The lowest BCUT2D eigenvalue weighted by molar-refractivity contribution is 0.0659. The fourth-order valence-corrected chi connectivity index (χ4v) is 1.90. The standard InChI is InChI=1S/C13H27NO2/c1-2-3-8-15-9-4-7-14-12-13-5-10-16-11-6-13/h13-14H,2-12H2,1H3. The van der Waals surface area contributed by atoms with Crippen molar-refractivity contribution in [3.63, 3.8) is 0 Å². The largest absolute Gasteiger partial charge is 0.381 e. The highest BCUT2D eigenvalue weighted by atomic mass is 16.5. The molecule has 0 saturated carbocycles. The van der Waals surface area contributed by atoms with Gasteiger partial charge in [0.1, 0.15) is 0 Å². The molecule has 1 heterocycles. The highest BCUT2D eigenvalue weighted by Crippen LogP contribution is 2.12. The molecular formula is C13H27NO2. The summed E-state index contributed by atoms with van der Waals surface area (Å²) in [5.74, 6) is 0.828. The first-order valence-corrected chi connectivity index (χ1v) is 6.79. The van der Waals surface area contributed by atoms with Gasteiger partial charge in [-0.25, -0.2) is 0 Å². The van der Waals surface area contributed by atoms with E-state index in [-0.39, 0.29) is 0 Å². The minimum atomic E-state index is 0.828. The number of hydrogen-bond acceptors (Lipinski definition) is 3. The zero-order valence-corrected chi connectivity index (χ0v) is 10.7. The zero-order valence-electron chi connectivity index (χ0n) is 10.7. The molecule has 1 aliphatic rings. The van der Waals surface area contributed by atoms with Gasteiger partial charge in [0.05, 0.1) is 0 Å². The lowest BCUT2D eigenvalue weighted by Crippen LogP contribution is -2.28. The van der Waals surface area contributed by atoms with E-state index in [2.05, 4.69) is 12.2 Å². The van der Waals surface area contributed by atoms with Crippen molar-refractivity contribution in [2.75, 3.05) is 39.5 Å². The van der Waals surface area contributed by atoms with Crippen LogP contribution in [0.25, 0.3) is 0 Å².